The van der Waals surface area contributed by atoms with Crippen molar-refractivity contribution in [2.24, 2.45) is 0 Å². The Balaban J connectivity index is 1.60. The van der Waals surface area contributed by atoms with Crippen molar-refractivity contribution in [3.63, 3.8) is 0 Å². The molecule has 0 aromatic carbocycles. The van der Waals surface area contributed by atoms with E-state index in [0.29, 0.717) is 23.5 Å². The number of hydrogen-bond donors (Lipinski definition) is 1. The molecule has 6 nitrogen and oxygen atoms in total. The Morgan fingerprint density at radius 1 is 1.50 bits per heavy atom. The van der Waals surface area contributed by atoms with Crippen molar-refractivity contribution in [3.05, 3.63) is 35.4 Å². The fraction of sp³-hybridized carbons (Fsp3) is 0.417. The van der Waals surface area contributed by atoms with Crippen molar-refractivity contribution in [2.75, 3.05) is 0 Å². The third-order valence-electron chi connectivity index (χ3n) is 2.88. The van der Waals surface area contributed by atoms with E-state index < -0.39 is 0 Å². The first-order valence-electron chi connectivity index (χ1n) is 5.88. The van der Waals surface area contributed by atoms with Crippen LogP contribution in [0.1, 0.15) is 46.7 Å². The molecular formula is C12H13N3O3. The predicted molar refractivity (Wildman–Crippen MR) is 60.9 cm³/mol. The van der Waals surface area contributed by atoms with Crippen LogP contribution in [-0.2, 0) is 6.54 Å². The standard InChI is InChI=1S/C12H13N3O3/c1-7-4-5-17-10(7)11(16)13-6-9-14-15-12(18-9)8-2-3-8/h4-5,8H,2-3,6H2,1H3,(H,13,16). The van der Waals surface area contributed by atoms with Gasteiger partial charge in [-0.15, -0.1) is 10.2 Å². The predicted octanol–water partition coefficient (Wildman–Crippen LogP) is 1.78. The summed E-state index contributed by atoms with van der Waals surface area (Å²) >= 11 is 0. The van der Waals surface area contributed by atoms with Gasteiger partial charge in [-0.1, -0.05) is 0 Å². The zero-order chi connectivity index (χ0) is 12.5. The lowest BCUT2D eigenvalue weighted by atomic mass is 10.3. The smallest absolute Gasteiger partial charge is 0.287 e. The summed E-state index contributed by atoms with van der Waals surface area (Å²) in [5.41, 5.74) is 0.802. The van der Waals surface area contributed by atoms with E-state index in [4.69, 9.17) is 8.83 Å². The minimum absolute atomic E-state index is 0.221. The molecule has 18 heavy (non-hydrogen) atoms. The average molecular weight is 247 g/mol. The van der Waals surface area contributed by atoms with Crippen LogP contribution in [-0.4, -0.2) is 16.1 Å². The Bertz CT molecular complexity index is 569. The Hall–Kier alpha value is -2.11. The Morgan fingerprint density at radius 3 is 3.00 bits per heavy atom. The number of hydrogen-bond acceptors (Lipinski definition) is 5. The summed E-state index contributed by atoms with van der Waals surface area (Å²) in [4.78, 5) is 11.8. The van der Waals surface area contributed by atoms with Gasteiger partial charge in [0.1, 0.15) is 0 Å². The quantitative estimate of drug-likeness (QED) is 0.890. The summed E-state index contributed by atoms with van der Waals surface area (Å²) in [6.07, 6.45) is 3.71. The van der Waals surface area contributed by atoms with Crippen LogP contribution in [0.15, 0.2) is 21.2 Å². The molecule has 1 aliphatic rings. The van der Waals surface area contributed by atoms with Crippen LogP contribution in [0, 0.1) is 6.92 Å². The van der Waals surface area contributed by atoms with Gasteiger partial charge in [-0.2, -0.15) is 0 Å². The van der Waals surface area contributed by atoms with E-state index in [-0.39, 0.29) is 12.5 Å². The molecule has 6 heteroatoms. The number of carbonyl (C=O) groups is 1. The van der Waals surface area contributed by atoms with Crippen molar-refractivity contribution in [1.82, 2.24) is 15.5 Å². The number of amides is 1. The minimum atomic E-state index is -0.274. The van der Waals surface area contributed by atoms with Crippen LogP contribution in [0.2, 0.25) is 0 Å². The Morgan fingerprint density at radius 2 is 2.33 bits per heavy atom. The van der Waals surface area contributed by atoms with Gasteiger partial charge >= 0.3 is 0 Å². The number of aryl methyl sites for hydroxylation is 1. The van der Waals surface area contributed by atoms with Gasteiger partial charge in [-0.25, -0.2) is 0 Å². The SMILES string of the molecule is Cc1ccoc1C(=O)NCc1nnc(C2CC2)o1. The van der Waals surface area contributed by atoms with E-state index >= 15 is 0 Å². The maximum Gasteiger partial charge on any atom is 0.287 e. The molecule has 0 aliphatic heterocycles. The summed E-state index contributed by atoms with van der Waals surface area (Å²) < 4.78 is 10.5. The molecular weight excluding hydrogens is 234 g/mol. The molecule has 0 spiro atoms. The van der Waals surface area contributed by atoms with Crippen molar-refractivity contribution >= 4 is 5.91 Å². The molecule has 1 amide bonds. The van der Waals surface area contributed by atoms with Crippen LogP contribution >= 0.6 is 0 Å². The molecule has 1 aliphatic carbocycles. The third kappa shape index (κ3) is 2.13. The topological polar surface area (TPSA) is 81.2 Å². The second-order valence-electron chi connectivity index (χ2n) is 4.42. The first kappa shape index (κ1) is 11.0. The van der Waals surface area contributed by atoms with Crippen LogP contribution < -0.4 is 5.32 Å². The maximum atomic E-state index is 11.8. The summed E-state index contributed by atoms with van der Waals surface area (Å²) in [5.74, 6) is 1.57. The molecule has 3 rings (SSSR count). The molecule has 1 N–H and O–H groups in total. The molecule has 0 atom stereocenters. The second kappa shape index (κ2) is 4.29. The molecule has 2 heterocycles. The monoisotopic (exact) mass is 247 g/mol. The van der Waals surface area contributed by atoms with E-state index in [1.165, 1.54) is 6.26 Å². The van der Waals surface area contributed by atoms with Crippen LogP contribution in [0.4, 0.5) is 0 Å². The van der Waals surface area contributed by atoms with Gasteiger partial charge < -0.3 is 14.2 Å². The summed E-state index contributed by atoms with van der Waals surface area (Å²) in [7, 11) is 0. The molecule has 1 saturated carbocycles. The zero-order valence-corrected chi connectivity index (χ0v) is 9.97. The van der Waals surface area contributed by atoms with Gasteiger partial charge in [-0.05, 0) is 25.8 Å². The zero-order valence-electron chi connectivity index (χ0n) is 9.97. The average Bonchev–Trinajstić information content (AvgIpc) is 2.95. The van der Waals surface area contributed by atoms with Gasteiger partial charge in [0.2, 0.25) is 11.8 Å². The van der Waals surface area contributed by atoms with E-state index in [0.717, 1.165) is 18.4 Å². The Labute approximate surface area is 103 Å². The number of carbonyl (C=O) groups excluding carboxylic acids is 1. The highest BCUT2D eigenvalue weighted by molar-refractivity contribution is 5.92. The number of nitrogens with one attached hydrogen (secondary N) is 1. The van der Waals surface area contributed by atoms with Crippen molar-refractivity contribution in [3.8, 4) is 0 Å². The van der Waals surface area contributed by atoms with Crippen LogP contribution in [0.5, 0.6) is 0 Å². The number of aromatic nitrogens is 2. The van der Waals surface area contributed by atoms with Gasteiger partial charge in [0, 0.05) is 11.5 Å². The molecule has 0 saturated heterocycles. The lowest BCUT2D eigenvalue weighted by Gasteiger charge is -1.99. The molecule has 2 aromatic rings. The van der Waals surface area contributed by atoms with Crippen molar-refractivity contribution < 1.29 is 13.6 Å². The third-order valence-corrected chi connectivity index (χ3v) is 2.88. The van der Waals surface area contributed by atoms with Gasteiger partial charge in [-0.3, -0.25) is 4.79 Å². The summed E-state index contributed by atoms with van der Waals surface area (Å²) in [5, 5.41) is 10.5. The molecule has 0 unspecified atom stereocenters. The summed E-state index contributed by atoms with van der Waals surface area (Å²) in [6, 6.07) is 1.74. The fourth-order valence-corrected chi connectivity index (χ4v) is 1.67. The van der Waals surface area contributed by atoms with Crippen molar-refractivity contribution in [1.29, 1.82) is 0 Å². The van der Waals surface area contributed by atoms with Crippen LogP contribution in [0.25, 0.3) is 0 Å². The maximum absolute atomic E-state index is 11.8. The molecule has 0 bridgehead atoms. The second-order valence-corrected chi connectivity index (χ2v) is 4.42. The van der Waals surface area contributed by atoms with Gasteiger partial charge in [0.05, 0.1) is 12.8 Å². The highest BCUT2D eigenvalue weighted by Gasteiger charge is 2.29. The Kier molecular flexibility index (Phi) is 2.62. The van der Waals surface area contributed by atoms with E-state index in [1.54, 1.807) is 6.07 Å². The van der Waals surface area contributed by atoms with E-state index in [2.05, 4.69) is 15.5 Å². The lowest BCUT2D eigenvalue weighted by molar-refractivity contribution is 0.0918. The summed E-state index contributed by atoms with van der Waals surface area (Å²) in [6.45, 7) is 2.04. The first-order valence-corrected chi connectivity index (χ1v) is 5.88. The largest absolute Gasteiger partial charge is 0.459 e. The molecule has 94 valence electrons. The normalized spacial score (nSPS) is 14.7. The lowest BCUT2D eigenvalue weighted by Crippen LogP contribution is -2.23. The molecule has 2 aromatic heterocycles. The minimum Gasteiger partial charge on any atom is -0.459 e. The van der Waals surface area contributed by atoms with E-state index in [1.807, 2.05) is 6.92 Å². The number of furan rings is 1. The number of rotatable bonds is 4. The van der Waals surface area contributed by atoms with Crippen molar-refractivity contribution in [2.45, 2.75) is 32.2 Å². The van der Waals surface area contributed by atoms with Gasteiger partial charge in [0.25, 0.3) is 5.91 Å². The molecule has 1 fully saturated rings. The van der Waals surface area contributed by atoms with E-state index in [9.17, 15) is 4.79 Å². The molecule has 0 radical (unpaired) electrons. The fourth-order valence-electron chi connectivity index (χ4n) is 1.67. The first-order chi connectivity index (χ1) is 8.74. The van der Waals surface area contributed by atoms with Gasteiger partial charge in [0.15, 0.2) is 5.76 Å². The number of nitrogens with zero attached hydrogens (tertiary/aromatic N) is 2. The van der Waals surface area contributed by atoms with Crippen LogP contribution in [0.3, 0.4) is 0 Å². The highest BCUT2D eigenvalue weighted by Crippen LogP contribution is 2.38. The highest BCUT2D eigenvalue weighted by atomic mass is 16.4.